The van der Waals surface area contributed by atoms with E-state index in [-0.39, 0.29) is 0 Å². The van der Waals surface area contributed by atoms with Gasteiger partial charge in [0, 0.05) is 115 Å². The first-order valence-corrected chi connectivity index (χ1v) is 47.7. The van der Waals surface area contributed by atoms with E-state index in [1.165, 1.54) is 21.5 Å². The number of anilines is 12. The van der Waals surface area contributed by atoms with Gasteiger partial charge in [-0.05, 0) is 174 Å². The lowest BCUT2D eigenvalue weighted by Crippen LogP contribution is -2.19. The third-order valence-electron chi connectivity index (χ3n) is 29.2. The maximum atomic E-state index is 7.45. The van der Waals surface area contributed by atoms with Gasteiger partial charge in [-0.15, -0.1) is 0 Å². The molecule has 652 valence electrons. The van der Waals surface area contributed by atoms with Gasteiger partial charge in [0.1, 0.15) is 22.3 Å². The summed E-state index contributed by atoms with van der Waals surface area (Å²) in [6, 6.07) is 172. The zero-order valence-electron chi connectivity index (χ0n) is 76.0. The zero-order valence-corrected chi connectivity index (χ0v) is 76.0. The molecule has 139 heavy (non-hydrogen) atoms. The second kappa shape index (κ2) is 31.4. The van der Waals surface area contributed by atoms with Gasteiger partial charge in [-0.1, -0.05) is 390 Å². The molecule has 0 aliphatic heterocycles. The lowest BCUT2D eigenvalue weighted by molar-refractivity contribution is 0.641. The van der Waals surface area contributed by atoms with Crippen molar-refractivity contribution in [2.24, 2.45) is 0 Å². The van der Waals surface area contributed by atoms with Crippen molar-refractivity contribution >= 4 is 221 Å². The van der Waals surface area contributed by atoms with E-state index in [2.05, 4.69) is 507 Å². The van der Waals surface area contributed by atoms with Gasteiger partial charge >= 0.3 is 0 Å². The Kier molecular flexibility index (Phi) is 17.9. The van der Waals surface area contributed by atoms with Crippen LogP contribution in [0.1, 0.15) is 25.0 Å². The maximum Gasteiger partial charge on any atom is 0.159 e. The van der Waals surface area contributed by atoms with Crippen LogP contribution in [-0.4, -0.2) is 0 Å². The largest absolute Gasteiger partial charge is 0.453 e. The molecule has 0 spiro atoms. The van der Waals surface area contributed by atoms with E-state index >= 15 is 0 Å². The number of hydrogen-bond donors (Lipinski definition) is 0. The van der Waals surface area contributed by atoms with E-state index in [4.69, 9.17) is 17.7 Å². The highest BCUT2D eigenvalue weighted by atomic mass is 16.3. The fraction of sp³-hybridized carbons (Fsp3) is 0.0229. The minimum atomic E-state index is -0.509. The Labute approximate surface area is 800 Å². The molecule has 0 unspecified atom stereocenters. The predicted molar refractivity (Wildman–Crippen MR) is 582 cm³/mol. The van der Waals surface area contributed by atoms with E-state index in [9.17, 15) is 0 Å². The van der Waals surface area contributed by atoms with Crippen LogP contribution in [-0.2, 0) is 5.41 Å². The Morgan fingerprint density at radius 1 is 0.151 bits per heavy atom. The maximum absolute atomic E-state index is 7.45. The number of para-hydroxylation sites is 10. The van der Waals surface area contributed by atoms with Crippen LogP contribution in [0.25, 0.3) is 197 Å². The minimum absolute atomic E-state index is 0.509. The van der Waals surface area contributed by atoms with Crippen LogP contribution in [0, 0.1) is 0 Å². The number of rotatable bonds is 18. The highest BCUT2D eigenvalue weighted by Crippen LogP contribution is 2.57. The van der Waals surface area contributed by atoms with Crippen molar-refractivity contribution in [1.29, 1.82) is 0 Å². The van der Waals surface area contributed by atoms with Gasteiger partial charge in [0.2, 0.25) is 0 Å². The molecular weight excluding hydrogens is 1690 g/mol. The van der Waals surface area contributed by atoms with Gasteiger partial charge < -0.3 is 37.3 Å². The smallest absolute Gasteiger partial charge is 0.159 e. The summed E-state index contributed by atoms with van der Waals surface area (Å²) in [6.45, 7) is 4.71. The van der Waals surface area contributed by atoms with Gasteiger partial charge in [0.05, 0.1) is 45.5 Å². The van der Waals surface area contributed by atoms with Gasteiger partial charge in [0.25, 0.3) is 0 Å². The fourth-order valence-corrected chi connectivity index (χ4v) is 22.6. The molecule has 0 radical (unpaired) electrons. The SMILES string of the molecule is CC(C)(c1ccc(N(c2ccc3ccc4c(N(c5ccccc5)c5cccc6c5oc5c(-c7ccccc7)cccc56)ccc5ccc2c3c54)c2cccc3c2oc2c(-c4ccccc4)cccc23)cc1)c1ccc(N(c2ccc3ccc4c(N(c5ccccc5)c5cccc6c5oc5c(-c7ccccc7)cccc56)ccc5ccc2c3c54)c2cccc3c2oc2c(-c4ccccc4)cccc23)cc1. The monoisotopic (exact) mass is 1780 g/mol. The van der Waals surface area contributed by atoms with Crippen molar-refractivity contribution in [1.82, 2.24) is 0 Å². The molecule has 0 saturated carbocycles. The first kappa shape index (κ1) is 79.3. The molecule has 8 heteroatoms. The van der Waals surface area contributed by atoms with Crippen molar-refractivity contribution < 1.29 is 17.7 Å². The van der Waals surface area contributed by atoms with E-state index in [0.717, 1.165) is 255 Å². The first-order valence-electron chi connectivity index (χ1n) is 47.7. The molecule has 0 bridgehead atoms. The van der Waals surface area contributed by atoms with Gasteiger partial charge in [0.15, 0.2) is 22.3 Å². The third kappa shape index (κ3) is 12.4. The van der Waals surface area contributed by atoms with E-state index in [1.54, 1.807) is 0 Å². The fourth-order valence-electron chi connectivity index (χ4n) is 22.6. The van der Waals surface area contributed by atoms with Crippen LogP contribution in [0.15, 0.2) is 491 Å². The molecule has 4 aromatic heterocycles. The second-order valence-corrected chi connectivity index (χ2v) is 37.1. The molecule has 0 N–H and O–H groups in total. The lowest BCUT2D eigenvalue weighted by atomic mass is 9.78. The molecule has 0 atom stereocenters. The van der Waals surface area contributed by atoms with Crippen LogP contribution < -0.4 is 19.6 Å². The van der Waals surface area contributed by atoms with Crippen molar-refractivity contribution in [3.8, 4) is 44.5 Å². The molecule has 28 rings (SSSR count). The minimum Gasteiger partial charge on any atom is -0.453 e. The van der Waals surface area contributed by atoms with Crippen molar-refractivity contribution in [3.05, 3.63) is 484 Å². The third-order valence-corrected chi connectivity index (χ3v) is 29.2. The molecule has 8 nitrogen and oxygen atoms in total. The summed E-state index contributed by atoms with van der Waals surface area (Å²) < 4.78 is 29.4. The van der Waals surface area contributed by atoms with Crippen molar-refractivity contribution in [3.63, 3.8) is 0 Å². The molecule has 0 amide bonds. The normalized spacial score (nSPS) is 12.1. The van der Waals surface area contributed by atoms with E-state index in [1.807, 2.05) is 0 Å². The number of benzene rings is 24. The average Bonchev–Trinajstić information content (AvgIpc) is 1.56. The zero-order chi connectivity index (χ0) is 91.7. The summed E-state index contributed by atoms with van der Waals surface area (Å²) in [4.78, 5) is 9.67. The van der Waals surface area contributed by atoms with Crippen LogP contribution in [0.4, 0.5) is 68.2 Å². The standard InChI is InChI=1S/C131H84N4O4/c1-131(2,89-65-69-93(70-66-89)134(117-55-27-51-105-101-47-23-43-97(125(101)138-129(105)117)83-33-13-5-14-34-83)113-79-63-87-57-73-107-111(77-61-85-59-75-109(113)121(87)119(85)107)132(91-37-17-7-18-38-91)115-53-25-49-103-99-45-21-41-95(123(99)136-127(103)115)81-29-9-3-10-30-81)90-67-71-94(72-68-90)135(118-56-28-52-106-102-48-24-44-98(126(102)139-130(106)118)84-35-15-6-16-36-84)114-80-64-88-58-74-108-112(78-62-86-60-76-110(114)122(88)120(86)108)133(92-39-19-8-20-40-92)116-54-26-50-104-100-46-22-42-96(124(100)137-128(104)116)82-31-11-4-12-32-82/h3-80H,1-2H3. The summed E-state index contributed by atoms with van der Waals surface area (Å²) in [6.07, 6.45) is 0. The molecule has 28 aromatic rings. The number of furan rings is 4. The highest BCUT2D eigenvalue weighted by Gasteiger charge is 2.33. The van der Waals surface area contributed by atoms with E-state index < -0.39 is 5.41 Å². The van der Waals surface area contributed by atoms with Crippen molar-refractivity contribution in [2.45, 2.75) is 19.3 Å². The second-order valence-electron chi connectivity index (χ2n) is 37.1. The Morgan fingerprint density at radius 2 is 0.353 bits per heavy atom. The Balaban J connectivity index is 0.589. The van der Waals surface area contributed by atoms with Crippen LogP contribution in [0.2, 0.25) is 0 Å². The molecule has 24 aromatic carbocycles. The molecule has 4 heterocycles. The van der Waals surface area contributed by atoms with Gasteiger partial charge in [-0.25, -0.2) is 0 Å². The van der Waals surface area contributed by atoms with Gasteiger partial charge in [-0.3, -0.25) is 0 Å². The molecule has 0 aliphatic carbocycles. The first-order chi connectivity index (χ1) is 68.7. The summed E-state index contributed by atoms with van der Waals surface area (Å²) in [5, 5.41) is 22.1. The topological polar surface area (TPSA) is 65.5 Å². The molecule has 0 fully saturated rings. The lowest BCUT2D eigenvalue weighted by Gasteiger charge is -2.31. The predicted octanol–water partition coefficient (Wildman–Crippen LogP) is 38.0. The number of hydrogen-bond acceptors (Lipinski definition) is 8. The van der Waals surface area contributed by atoms with E-state index in [0.29, 0.717) is 0 Å². The van der Waals surface area contributed by atoms with Gasteiger partial charge in [-0.2, -0.15) is 0 Å². The Morgan fingerprint density at radius 3 is 0.590 bits per heavy atom. The van der Waals surface area contributed by atoms with Crippen LogP contribution in [0.3, 0.4) is 0 Å². The summed E-state index contributed by atoms with van der Waals surface area (Å²) in [5.74, 6) is 0. The summed E-state index contributed by atoms with van der Waals surface area (Å²) in [5.41, 5.74) is 28.9. The van der Waals surface area contributed by atoms with Crippen LogP contribution in [0.5, 0.6) is 0 Å². The summed E-state index contributed by atoms with van der Waals surface area (Å²) in [7, 11) is 0. The number of fused-ring (bicyclic) bond motifs is 12. The van der Waals surface area contributed by atoms with Crippen molar-refractivity contribution in [2.75, 3.05) is 19.6 Å². The highest BCUT2D eigenvalue weighted by molar-refractivity contribution is 6.32. The molecule has 0 aliphatic rings. The Bertz CT molecular complexity index is 9170. The molecular formula is C131H84N4O4. The number of nitrogens with zero attached hydrogens (tertiary/aromatic N) is 4. The summed E-state index contributed by atoms with van der Waals surface area (Å²) >= 11 is 0. The quantitative estimate of drug-likeness (QED) is 0.0788. The van der Waals surface area contributed by atoms with Crippen LogP contribution >= 0.6 is 0 Å². The Hall–Kier alpha value is -18.2. The average molecular weight is 1780 g/mol. The molecule has 0 saturated heterocycles.